The first-order valence-corrected chi connectivity index (χ1v) is 8.63. The molecule has 3 aromatic rings. The smallest absolute Gasteiger partial charge is 0.277 e. The van der Waals surface area contributed by atoms with Crippen LogP contribution in [-0.2, 0) is 11.2 Å². The first-order chi connectivity index (χ1) is 13.6. The molecule has 142 valence electrons. The van der Waals surface area contributed by atoms with E-state index in [9.17, 15) is 13.6 Å². The van der Waals surface area contributed by atoms with Gasteiger partial charge in [-0.3, -0.25) is 4.79 Å². The number of halogens is 2. The van der Waals surface area contributed by atoms with Gasteiger partial charge in [-0.2, -0.15) is 5.10 Å². The number of carbonyl (C=O) groups is 1. The Morgan fingerprint density at radius 1 is 0.964 bits per heavy atom. The SMILES string of the molecule is O=C(COc1ccccc1Cc1ccccc1)N/N=C\c1ccc(F)c(F)c1. The number of para-hydroxylation sites is 1. The molecule has 0 atom stereocenters. The highest BCUT2D eigenvalue weighted by atomic mass is 19.2. The quantitative estimate of drug-likeness (QED) is 0.496. The molecule has 0 saturated heterocycles. The lowest BCUT2D eigenvalue weighted by atomic mass is 10.0. The largest absolute Gasteiger partial charge is 0.483 e. The summed E-state index contributed by atoms with van der Waals surface area (Å²) in [4.78, 5) is 11.9. The molecule has 28 heavy (non-hydrogen) atoms. The molecule has 0 saturated carbocycles. The van der Waals surface area contributed by atoms with Crippen LogP contribution < -0.4 is 10.2 Å². The molecule has 3 aromatic carbocycles. The summed E-state index contributed by atoms with van der Waals surface area (Å²) in [6, 6.07) is 20.8. The number of hydrogen-bond donors (Lipinski definition) is 1. The molecule has 0 fully saturated rings. The van der Waals surface area contributed by atoms with Crippen molar-refractivity contribution in [3.63, 3.8) is 0 Å². The van der Waals surface area contributed by atoms with Crippen LogP contribution in [0.1, 0.15) is 16.7 Å². The van der Waals surface area contributed by atoms with Gasteiger partial charge in [0.2, 0.25) is 0 Å². The summed E-state index contributed by atoms with van der Waals surface area (Å²) in [6.07, 6.45) is 1.91. The number of carbonyl (C=O) groups excluding carboxylic acids is 1. The van der Waals surface area contributed by atoms with E-state index in [1.165, 1.54) is 12.3 Å². The van der Waals surface area contributed by atoms with Crippen molar-refractivity contribution < 1.29 is 18.3 Å². The molecular weight excluding hydrogens is 362 g/mol. The summed E-state index contributed by atoms with van der Waals surface area (Å²) in [5.41, 5.74) is 4.72. The van der Waals surface area contributed by atoms with Crippen LogP contribution >= 0.6 is 0 Å². The predicted molar refractivity (Wildman–Crippen MR) is 103 cm³/mol. The molecular formula is C22H18F2N2O2. The zero-order valence-corrected chi connectivity index (χ0v) is 14.9. The van der Waals surface area contributed by atoms with Crippen LogP contribution in [0.25, 0.3) is 0 Å². The Hall–Kier alpha value is -3.54. The second-order valence-electron chi connectivity index (χ2n) is 6.03. The summed E-state index contributed by atoms with van der Waals surface area (Å²) >= 11 is 0. The Balaban J connectivity index is 1.54. The number of hydrogen-bond acceptors (Lipinski definition) is 3. The van der Waals surface area contributed by atoms with E-state index in [-0.39, 0.29) is 6.61 Å². The first kappa shape index (κ1) is 19.2. The van der Waals surface area contributed by atoms with Gasteiger partial charge in [-0.05, 0) is 34.9 Å². The minimum atomic E-state index is -0.978. The molecule has 0 aliphatic heterocycles. The predicted octanol–water partition coefficient (Wildman–Crippen LogP) is 4.08. The summed E-state index contributed by atoms with van der Waals surface area (Å²) in [7, 11) is 0. The standard InChI is InChI=1S/C22H18F2N2O2/c23-19-11-10-17(13-20(19)24)14-25-26-22(27)15-28-21-9-5-4-8-18(21)12-16-6-2-1-3-7-16/h1-11,13-14H,12,15H2,(H,26,27)/b25-14-. The third-order valence-electron chi connectivity index (χ3n) is 3.92. The second-order valence-corrected chi connectivity index (χ2v) is 6.03. The monoisotopic (exact) mass is 380 g/mol. The third-order valence-corrected chi connectivity index (χ3v) is 3.92. The van der Waals surface area contributed by atoms with Crippen molar-refractivity contribution in [2.24, 2.45) is 5.10 Å². The van der Waals surface area contributed by atoms with E-state index in [0.717, 1.165) is 23.3 Å². The zero-order valence-electron chi connectivity index (χ0n) is 14.9. The maximum absolute atomic E-state index is 13.1. The number of hydrazone groups is 1. The summed E-state index contributed by atoms with van der Waals surface area (Å²) in [5, 5.41) is 3.72. The van der Waals surface area contributed by atoms with Crippen molar-refractivity contribution in [2.75, 3.05) is 6.61 Å². The second kappa shape index (κ2) is 9.41. The minimum absolute atomic E-state index is 0.221. The lowest BCUT2D eigenvalue weighted by molar-refractivity contribution is -0.123. The highest BCUT2D eigenvalue weighted by molar-refractivity contribution is 5.82. The molecule has 0 bridgehead atoms. The van der Waals surface area contributed by atoms with E-state index in [0.29, 0.717) is 17.7 Å². The molecule has 0 radical (unpaired) electrons. The van der Waals surface area contributed by atoms with Crippen molar-refractivity contribution in [1.82, 2.24) is 5.43 Å². The van der Waals surface area contributed by atoms with E-state index < -0.39 is 17.5 Å². The van der Waals surface area contributed by atoms with Crippen LogP contribution in [0.15, 0.2) is 77.9 Å². The van der Waals surface area contributed by atoms with E-state index in [2.05, 4.69) is 10.5 Å². The fourth-order valence-corrected chi connectivity index (χ4v) is 2.55. The van der Waals surface area contributed by atoms with Crippen molar-refractivity contribution in [3.8, 4) is 5.75 Å². The van der Waals surface area contributed by atoms with Gasteiger partial charge < -0.3 is 4.74 Å². The summed E-state index contributed by atoms with van der Waals surface area (Å²) in [6.45, 7) is -0.221. The van der Waals surface area contributed by atoms with Gasteiger partial charge >= 0.3 is 0 Å². The molecule has 0 heterocycles. The van der Waals surface area contributed by atoms with Gasteiger partial charge in [0.1, 0.15) is 5.75 Å². The average Bonchev–Trinajstić information content (AvgIpc) is 2.71. The first-order valence-electron chi connectivity index (χ1n) is 8.63. The van der Waals surface area contributed by atoms with Gasteiger partial charge in [0.15, 0.2) is 18.2 Å². The maximum Gasteiger partial charge on any atom is 0.277 e. The van der Waals surface area contributed by atoms with Crippen LogP contribution in [0.4, 0.5) is 8.78 Å². The Morgan fingerprint density at radius 3 is 2.50 bits per heavy atom. The number of nitrogens with one attached hydrogen (secondary N) is 1. The zero-order chi connectivity index (χ0) is 19.8. The summed E-state index contributed by atoms with van der Waals surface area (Å²) in [5.74, 6) is -1.77. The molecule has 3 rings (SSSR count). The molecule has 0 spiro atoms. The number of nitrogens with zero attached hydrogens (tertiary/aromatic N) is 1. The van der Waals surface area contributed by atoms with Gasteiger partial charge in [0, 0.05) is 6.42 Å². The molecule has 1 amide bonds. The van der Waals surface area contributed by atoms with E-state index in [4.69, 9.17) is 4.74 Å². The number of amides is 1. The van der Waals surface area contributed by atoms with Crippen molar-refractivity contribution in [3.05, 3.63) is 101 Å². The van der Waals surface area contributed by atoms with Crippen LogP contribution in [-0.4, -0.2) is 18.7 Å². The van der Waals surface area contributed by atoms with E-state index in [1.807, 2.05) is 48.5 Å². The number of rotatable bonds is 7. The van der Waals surface area contributed by atoms with Crippen LogP contribution in [0.3, 0.4) is 0 Å². The Morgan fingerprint density at radius 2 is 1.71 bits per heavy atom. The summed E-state index contributed by atoms with van der Waals surface area (Å²) < 4.78 is 31.6. The van der Waals surface area contributed by atoms with Gasteiger partial charge in [-0.15, -0.1) is 0 Å². The number of ether oxygens (including phenoxy) is 1. The van der Waals surface area contributed by atoms with Gasteiger partial charge in [0.25, 0.3) is 5.91 Å². The lowest BCUT2D eigenvalue weighted by Crippen LogP contribution is -2.24. The van der Waals surface area contributed by atoms with Crippen molar-refractivity contribution in [2.45, 2.75) is 6.42 Å². The van der Waals surface area contributed by atoms with Crippen LogP contribution in [0.2, 0.25) is 0 Å². The molecule has 0 aliphatic carbocycles. The van der Waals surface area contributed by atoms with Gasteiger partial charge in [0.05, 0.1) is 6.21 Å². The third kappa shape index (κ3) is 5.48. The van der Waals surface area contributed by atoms with Gasteiger partial charge in [-0.1, -0.05) is 54.6 Å². The highest BCUT2D eigenvalue weighted by Gasteiger charge is 2.07. The molecule has 0 aliphatic rings. The minimum Gasteiger partial charge on any atom is -0.483 e. The van der Waals surface area contributed by atoms with Crippen molar-refractivity contribution in [1.29, 1.82) is 0 Å². The highest BCUT2D eigenvalue weighted by Crippen LogP contribution is 2.21. The molecule has 1 N–H and O–H groups in total. The Kier molecular flexibility index (Phi) is 6.46. The molecule has 6 heteroatoms. The average molecular weight is 380 g/mol. The van der Waals surface area contributed by atoms with Crippen molar-refractivity contribution >= 4 is 12.1 Å². The van der Waals surface area contributed by atoms with Crippen LogP contribution in [0, 0.1) is 11.6 Å². The van der Waals surface area contributed by atoms with Gasteiger partial charge in [-0.25, -0.2) is 14.2 Å². The fraction of sp³-hybridized carbons (Fsp3) is 0.0909. The van der Waals surface area contributed by atoms with E-state index >= 15 is 0 Å². The molecule has 4 nitrogen and oxygen atoms in total. The Labute approximate surface area is 161 Å². The normalized spacial score (nSPS) is 10.8. The molecule has 0 aromatic heterocycles. The molecule has 0 unspecified atom stereocenters. The Bertz CT molecular complexity index is 975. The maximum atomic E-state index is 13.1. The fourth-order valence-electron chi connectivity index (χ4n) is 2.55. The van der Waals surface area contributed by atoms with Crippen LogP contribution in [0.5, 0.6) is 5.75 Å². The number of benzene rings is 3. The topological polar surface area (TPSA) is 50.7 Å². The van der Waals surface area contributed by atoms with E-state index in [1.54, 1.807) is 6.07 Å². The lowest BCUT2D eigenvalue weighted by Gasteiger charge is -2.11.